The molecule has 3 N–H and O–H groups in total. The zero-order chi connectivity index (χ0) is 32.5. The Kier molecular flexibility index (Phi) is 7.03. The van der Waals surface area contributed by atoms with Gasteiger partial charge in [0.05, 0.1) is 17.6 Å². The van der Waals surface area contributed by atoms with Crippen molar-refractivity contribution in [2.75, 3.05) is 43.5 Å². The summed E-state index contributed by atoms with van der Waals surface area (Å²) in [6, 6.07) is 7.66. The number of pyridine rings is 1. The van der Waals surface area contributed by atoms with Crippen molar-refractivity contribution in [1.82, 2.24) is 29.6 Å². The lowest BCUT2D eigenvalue weighted by Gasteiger charge is -2.45. The summed E-state index contributed by atoms with van der Waals surface area (Å²) in [5.41, 5.74) is 7.79. The summed E-state index contributed by atoms with van der Waals surface area (Å²) in [7, 11) is 3.37. The lowest BCUT2D eigenvalue weighted by atomic mass is 9.94. The Balaban J connectivity index is 1.40. The highest BCUT2D eigenvalue weighted by Crippen LogP contribution is 2.40. The van der Waals surface area contributed by atoms with Crippen LogP contribution in [0.3, 0.4) is 0 Å². The van der Waals surface area contributed by atoms with E-state index in [1.165, 1.54) is 23.1 Å². The molecule has 0 unspecified atom stereocenters. The summed E-state index contributed by atoms with van der Waals surface area (Å²) < 4.78 is 33.7. The van der Waals surface area contributed by atoms with Crippen molar-refractivity contribution >= 4 is 39.3 Å². The topological polar surface area (TPSA) is 130 Å². The second-order valence-electron chi connectivity index (χ2n) is 12.7. The number of aromatic nitrogens is 5. The minimum atomic E-state index is -0.699. The van der Waals surface area contributed by atoms with Gasteiger partial charge in [-0.2, -0.15) is 10.1 Å². The van der Waals surface area contributed by atoms with Crippen LogP contribution in [0.1, 0.15) is 42.0 Å². The Morgan fingerprint density at radius 1 is 1.11 bits per heavy atom. The zero-order valence-electron chi connectivity index (χ0n) is 26.2. The van der Waals surface area contributed by atoms with Crippen LogP contribution in [0.5, 0.6) is 5.75 Å². The van der Waals surface area contributed by atoms with E-state index >= 15 is 4.39 Å². The fourth-order valence-corrected chi connectivity index (χ4v) is 6.58. The van der Waals surface area contributed by atoms with E-state index in [9.17, 15) is 14.3 Å². The summed E-state index contributed by atoms with van der Waals surface area (Å²) in [6.45, 7) is 6.35. The number of hydrogen-bond acceptors (Lipinski definition) is 9. The number of phenols is 1. The Bertz CT molecular complexity index is 2030. The van der Waals surface area contributed by atoms with E-state index < -0.39 is 17.2 Å². The van der Waals surface area contributed by atoms with Gasteiger partial charge in [0.25, 0.3) is 5.91 Å². The Hall–Kier alpha value is -4.91. The number of amides is 1. The van der Waals surface area contributed by atoms with E-state index in [0.29, 0.717) is 84.7 Å². The maximum absolute atomic E-state index is 16.9. The molecular weight excluding hydrogens is 592 g/mol. The first kappa shape index (κ1) is 29.8. The van der Waals surface area contributed by atoms with Crippen molar-refractivity contribution in [3.05, 3.63) is 65.1 Å². The molecule has 238 valence electrons. The van der Waals surface area contributed by atoms with Gasteiger partial charge in [-0.25, -0.2) is 13.8 Å². The molecule has 1 saturated heterocycles. The molecule has 2 aliphatic rings. The van der Waals surface area contributed by atoms with Crippen molar-refractivity contribution in [3.63, 3.8) is 0 Å². The van der Waals surface area contributed by atoms with Crippen LogP contribution in [0.25, 0.3) is 32.9 Å². The first-order chi connectivity index (χ1) is 21.9. The third-order valence-electron chi connectivity index (χ3n) is 8.74. The number of phenolic OH excluding ortho intramolecular Hbond substituents is 1. The van der Waals surface area contributed by atoms with Crippen molar-refractivity contribution in [3.8, 4) is 17.0 Å². The third-order valence-corrected chi connectivity index (χ3v) is 8.74. The molecule has 11 nitrogen and oxygen atoms in total. The number of fused-ring (bicyclic) bond motifs is 3. The molecule has 1 fully saturated rings. The Morgan fingerprint density at radius 3 is 2.61 bits per heavy atom. The normalized spacial score (nSPS) is 16.0. The van der Waals surface area contributed by atoms with E-state index in [0.717, 1.165) is 5.69 Å². The van der Waals surface area contributed by atoms with Crippen LogP contribution in [-0.4, -0.2) is 79.9 Å². The summed E-state index contributed by atoms with van der Waals surface area (Å²) >= 11 is 0. The Labute approximate surface area is 264 Å². The lowest BCUT2D eigenvalue weighted by Crippen LogP contribution is -2.66. The first-order valence-corrected chi connectivity index (χ1v) is 15.3. The maximum Gasteiger partial charge on any atom is 0.273 e. The van der Waals surface area contributed by atoms with Gasteiger partial charge in [0, 0.05) is 57.6 Å². The largest absolute Gasteiger partial charge is 0.508 e. The fraction of sp³-hybridized carbons (Fsp3) is 0.364. The minimum Gasteiger partial charge on any atom is -0.508 e. The minimum absolute atomic E-state index is 0.0441. The van der Waals surface area contributed by atoms with E-state index in [1.54, 1.807) is 32.4 Å². The molecule has 2 aromatic carbocycles. The van der Waals surface area contributed by atoms with Crippen molar-refractivity contribution in [2.45, 2.75) is 45.3 Å². The second kappa shape index (κ2) is 10.9. The summed E-state index contributed by atoms with van der Waals surface area (Å²) in [5, 5.41) is 16.6. The van der Waals surface area contributed by atoms with Crippen LogP contribution >= 0.6 is 0 Å². The van der Waals surface area contributed by atoms with Crippen LogP contribution in [0.2, 0.25) is 0 Å². The average Bonchev–Trinajstić information content (AvgIpc) is 3.30. The van der Waals surface area contributed by atoms with Gasteiger partial charge in [0.2, 0.25) is 5.95 Å². The van der Waals surface area contributed by atoms with Gasteiger partial charge in [-0.15, -0.1) is 0 Å². The Morgan fingerprint density at radius 2 is 1.89 bits per heavy atom. The van der Waals surface area contributed by atoms with Crippen molar-refractivity contribution in [1.29, 1.82) is 0 Å². The number of carbonyl (C=O) groups excluding carboxylic acids is 1. The quantitative estimate of drug-likeness (QED) is 0.294. The number of benzene rings is 2. The molecule has 0 aliphatic carbocycles. The van der Waals surface area contributed by atoms with Gasteiger partial charge in [0.15, 0.2) is 11.5 Å². The van der Waals surface area contributed by atoms with E-state index in [4.69, 9.17) is 15.7 Å². The summed E-state index contributed by atoms with van der Waals surface area (Å²) in [6.07, 6.45) is 2.62. The molecule has 5 aromatic rings. The van der Waals surface area contributed by atoms with Gasteiger partial charge >= 0.3 is 0 Å². The molecule has 0 saturated carbocycles. The molecule has 2 aliphatic heterocycles. The predicted octanol–water partition coefficient (Wildman–Crippen LogP) is 4.24. The molecule has 0 spiro atoms. The molecule has 5 heterocycles. The first-order valence-electron chi connectivity index (χ1n) is 15.3. The van der Waals surface area contributed by atoms with Gasteiger partial charge in [-0.05, 0) is 60.4 Å². The molecule has 0 radical (unpaired) electrons. The van der Waals surface area contributed by atoms with Gasteiger partial charge in [0.1, 0.15) is 28.6 Å². The molecule has 46 heavy (non-hydrogen) atoms. The van der Waals surface area contributed by atoms with E-state index in [2.05, 4.69) is 10.1 Å². The number of halogens is 2. The third kappa shape index (κ3) is 4.95. The standard InChI is InChI=1S/C33H35F2N9O2/c1-5-21-24(34)8-7-18-11-20(45)13-22(26(18)21)28-27(35)29-23(14-37-28)30(39-32(38-29)43-16-33(2,36)17-43)42-9-6-10-44-19(15-42)12-25(40-44)31(46)41(3)4/h7-8,11-14,45H,5-6,9-10,15-17,36H2,1-4H3. The average molecular weight is 628 g/mol. The van der Waals surface area contributed by atoms with Crippen LogP contribution in [0.15, 0.2) is 36.5 Å². The number of hydrogen-bond donors (Lipinski definition) is 2. The molecule has 1 amide bonds. The monoisotopic (exact) mass is 627 g/mol. The number of carbonyl (C=O) groups is 1. The van der Waals surface area contributed by atoms with Crippen LogP contribution in [-0.2, 0) is 19.5 Å². The van der Waals surface area contributed by atoms with Gasteiger partial charge in [-0.3, -0.25) is 14.5 Å². The number of aryl methyl sites for hydroxylation is 2. The van der Waals surface area contributed by atoms with Crippen molar-refractivity contribution in [2.24, 2.45) is 5.73 Å². The number of rotatable bonds is 5. The SMILES string of the molecule is CCc1c(F)ccc2cc(O)cc(-c3ncc4c(N5CCCn6nc(C(=O)N(C)C)cc6C5)nc(N5CC(C)(N)C5)nc4c3F)c12. The molecule has 3 aromatic heterocycles. The smallest absolute Gasteiger partial charge is 0.273 e. The van der Waals surface area contributed by atoms with Crippen LogP contribution < -0.4 is 15.5 Å². The molecule has 7 rings (SSSR count). The predicted molar refractivity (Wildman–Crippen MR) is 172 cm³/mol. The molecular formula is C33H35F2N9O2. The number of anilines is 2. The highest BCUT2D eigenvalue weighted by molar-refractivity contribution is 6.02. The molecule has 0 bridgehead atoms. The highest BCUT2D eigenvalue weighted by atomic mass is 19.1. The van der Waals surface area contributed by atoms with Gasteiger partial charge < -0.3 is 25.5 Å². The molecule has 0 atom stereocenters. The highest BCUT2D eigenvalue weighted by Gasteiger charge is 2.37. The number of nitrogens with two attached hydrogens (primary N) is 1. The van der Waals surface area contributed by atoms with E-state index in [-0.39, 0.29) is 28.4 Å². The zero-order valence-corrected chi connectivity index (χ0v) is 26.2. The summed E-state index contributed by atoms with van der Waals surface area (Å²) in [4.78, 5) is 32.3. The van der Waals surface area contributed by atoms with Crippen LogP contribution in [0.4, 0.5) is 20.5 Å². The van der Waals surface area contributed by atoms with Gasteiger partial charge in [-0.1, -0.05) is 13.0 Å². The van der Waals surface area contributed by atoms with Crippen LogP contribution in [0, 0.1) is 11.6 Å². The fourth-order valence-electron chi connectivity index (χ4n) is 6.58. The summed E-state index contributed by atoms with van der Waals surface area (Å²) in [5.74, 6) is -0.543. The second-order valence-corrected chi connectivity index (χ2v) is 12.7. The van der Waals surface area contributed by atoms with E-state index in [1.807, 2.05) is 28.3 Å². The lowest BCUT2D eigenvalue weighted by molar-refractivity contribution is 0.0821. The number of aromatic hydroxyl groups is 1. The van der Waals surface area contributed by atoms with Crippen molar-refractivity contribution < 1.29 is 18.7 Å². The maximum atomic E-state index is 16.9. The molecule has 13 heteroatoms. The number of nitrogens with zero attached hydrogens (tertiary/aromatic N) is 8.